The smallest absolute Gasteiger partial charge is 0.338 e. The highest BCUT2D eigenvalue weighted by Gasteiger charge is 2.25. The van der Waals surface area contributed by atoms with Crippen LogP contribution in [0.1, 0.15) is 39.8 Å². The van der Waals surface area contributed by atoms with Gasteiger partial charge in [-0.25, -0.2) is 4.79 Å². The first kappa shape index (κ1) is 21.4. The maximum absolute atomic E-state index is 12.2. The summed E-state index contributed by atoms with van der Waals surface area (Å²) in [6.07, 6.45) is 1.89. The van der Waals surface area contributed by atoms with Crippen molar-refractivity contribution < 1.29 is 24.0 Å². The van der Waals surface area contributed by atoms with Crippen molar-refractivity contribution in [3.05, 3.63) is 56.3 Å². The molecular formula is C20H21N3O6S. The largest absolute Gasteiger partial charge is 0.452 e. The molecule has 2 amide bonds. The molecule has 1 fully saturated rings. The van der Waals surface area contributed by atoms with E-state index in [1.165, 1.54) is 23.5 Å². The number of carbonyl (C=O) groups is 3. The summed E-state index contributed by atoms with van der Waals surface area (Å²) in [5.74, 6) is -1.67. The SMILES string of the molecule is CC1CCN(c2ccc(C(=O)OCC(=O)NC(=O)c3cccs3)cc2[N+](=O)[O-])CC1. The molecule has 0 saturated carbocycles. The number of nitrogens with zero attached hydrogens (tertiary/aromatic N) is 2. The lowest BCUT2D eigenvalue weighted by molar-refractivity contribution is -0.384. The Morgan fingerprint density at radius 1 is 1.27 bits per heavy atom. The van der Waals surface area contributed by atoms with Gasteiger partial charge >= 0.3 is 5.97 Å². The zero-order valence-corrected chi connectivity index (χ0v) is 17.1. The molecule has 0 bridgehead atoms. The van der Waals surface area contributed by atoms with Gasteiger partial charge in [-0.3, -0.25) is 25.0 Å². The molecule has 0 unspecified atom stereocenters. The Morgan fingerprint density at radius 3 is 2.63 bits per heavy atom. The minimum absolute atomic E-state index is 0.0341. The number of imide groups is 1. The predicted molar refractivity (Wildman–Crippen MR) is 111 cm³/mol. The summed E-state index contributed by atoms with van der Waals surface area (Å²) in [7, 11) is 0. The third kappa shape index (κ3) is 5.20. The Hall–Kier alpha value is -3.27. The number of hydrogen-bond acceptors (Lipinski definition) is 8. The normalized spacial score (nSPS) is 14.2. The molecule has 2 heterocycles. The number of benzene rings is 1. The van der Waals surface area contributed by atoms with Gasteiger partial charge in [-0.05, 0) is 42.3 Å². The van der Waals surface area contributed by atoms with E-state index in [1.807, 2.05) is 4.90 Å². The molecule has 9 nitrogen and oxygen atoms in total. The van der Waals surface area contributed by atoms with Crippen LogP contribution in [0.5, 0.6) is 0 Å². The summed E-state index contributed by atoms with van der Waals surface area (Å²) in [6, 6.07) is 7.36. The van der Waals surface area contributed by atoms with Gasteiger partial charge in [0.05, 0.1) is 15.4 Å². The minimum atomic E-state index is -0.879. The second-order valence-electron chi connectivity index (χ2n) is 7.06. The van der Waals surface area contributed by atoms with Crippen molar-refractivity contribution in [2.24, 2.45) is 5.92 Å². The topological polar surface area (TPSA) is 119 Å². The fourth-order valence-electron chi connectivity index (χ4n) is 3.16. The molecule has 3 rings (SSSR count). The number of nitro groups is 1. The van der Waals surface area contributed by atoms with Gasteiger partial charge in [0.1, 0.15) is 5.69 Å². The van der Waals surface area contributed by atoms with Crippen LogP contribution in [0, 0.1) is 16.0 Å². The fourth-order valence-corrected chi connectivity index (χ4v) is 3.78. The van der Waals surface area contributed by atoms with Gasteiger partial charge in [0.25, 0.3) is 17.5 Å². The number of carbonyl (C=O) groups excluding carboxylic acids is 3. The van der Waals surface area contributed by atoms with Gasteiger partial charge in [-0.1, -0.05) is 13.0 Å². The first-order valence-electron chi connectivity index (χ1n) is 9.43. The molecule has 1 aliphatic heterocycles. The number of nitrogens with one attached hydrogen (secondary N) is 1. The van der Waals surface area contributed by atoms with Crippen LogP contribution in [0.15, 0.2) is 35.7 Å². The van der Waals surface area contributed by atoms with Crippen molar-refractivity contribution in [3.8, 4) is 0 Å². The standard InChI is InChI=1S/C20H21N3O6S/c1-13-6-8-22(9-7-13)15-5-4-14(11-16(15)23(27)28)20(26)29-12-18(24)21-19(25)17-3-2-10-30-17/h2-5,10-11,13H,6-9,12H2,1H3,(H,21,24,25). The zero-order chi connectivity index (χ0) is 21.7. The van der Waals surface area contributed by atoms with Crippen LogP contribution in [0.4, 0.5) is 11.4 Å². The van der Waals surface area contributed by atoms with Crippen LogP contribution >= 0.6 is 11.3 Å². The first-order valence-corrected chi connectivity index (χ1v) is 10.3. The van der Waals surface area contributed by atoms with Crippen LogP contribution in [-0.4, -0.2) is 42.4 Å². The van der Waals surface area contributed by atoms with Crippen molar-refractivity contribution in [1.29, 1.82) is 0 Å². The molecule has 1 aromatic carbocycles. The predicted octanol–water partition coefficient (Wildman–Crippen LogP) is 3.01. The summed E-state index contributed by atoms with van der Waals surface area (Å²) in [4.78, 5) is 49.2. The number of nitro benzene ring substituents is 1. The lowest BCUT2D eigenvalue weighted by Gasteiger charge is -2.31. The van der Waals surface area contributed by atoms with Crippen molar-refractivity contribution in [2.75, 3.05) is 24.6 Å². The highest BCUT2D eigenvalue weighted by Crippen LogP contribution is 2.32. The molecular weight excluding hydrogens is 410 g/mol. The summed E-state index contributed by atoms with van der Waals surface area (Å²) >= 11 is 1.17. The first-order chi connectivity index (χ1) is 14.3. The van der Waals surface area contributed by atoms with Gasteiger partial charge in [0.15, 0.2) is 6.61 Å². The lowest BCUT2D eigenvalue weighted by Crippen LogP contribution is -2.34. The molecule has 1 aliphatic rings. The Kier molecular flexibility index (Phi) is 6.78. The summed E-state index contributed by atoms with van der Waals surface area (Å²) in [5, 5.41) is 15.3. The van der Waals surface area contributed by atoms with E-state index in [-0.39, 0.29) is 11.3 Å². The van der Waals surface area contributed by atoms with Crippen LogP contribution in [0.25, 0.3) is 0 Å². The number of thiophene rings is 1. The molecule has 0 radical (unpaired) electrons. The molecule has 0 spiro atoms. The number of ether oxygens (including phenoxy) is 1. The number of hydrogen-bond donors (Lipinski definition) is 1. The van der Waals surface area contributed by atoms with Gasteiger partial charge in [0, 0.05) is 19.2 Å². The third-order valence-electron chi connectivity index (χ3n) is 4.86. The monoisotopic (exact) mass is 431 g/mol. The second kappa shape index (κ2) is 9.49. The van der Waals surface area contributed by atoms with E-state index < -0.39 is 29.3 Å². The van der Waals surface area contributed by atoms with E-state index in [2.05, 4.69) is 12.2 Å². The Labute approximate surface area is 176 Å². The molecule has 1 saturated heterocycles. The van der Waals surface area contributed by atoms with Crippen molar-refractivity contribution in [2.45, 2.75) is 19.8 Å². The average Bonchev–Trinajstić information content (AvgIpc) is 3.27. The number of amides is 2. The van der Waals surface area contributed by atoms with Gasteiger partial charge in [-0.2, -0.15) is 0 Å². The number of piperidine rings is 1. The molecule has 0 aliphatic carbocycles. The van der Waals surface area contributed by atoms with Crippen molar-refractivity contribution in [3.63, 3.8) is 0 Å². The number of esters is 1. The Morgan fingerprint density at radius 2 is 2.00 bits per heavy atom. The maximum atomic E-state index is 12.2. The molecule has 0 atom stereocenters. The van der Waals surface area contributed by atoms with E-state index >= 15 is 0 Å². The quantitative estimate of drug-likeness (QED) is 0.424. The number of rotatable bonds is 6. The van der Waals surface area contributed by atoms with Gasteiger partial charge in [-0.15, -0.1) is 11.3 Å². The van der Waals surface area contributed by atoms with Crippen LogP contribution in [0.3, 0.4) is 0 Å². The summed E-state index contributed by atoms with van der Waals surface area (Å²) in [5.41, 5.74) is 0.243. The Bertz CT molecular complexity index is 951. The average molecular weight is 431 g/mol. The minimum Gasteiger partial charge on any atom is -0.452 e. The number of anilines is 1. The van der Waals surface area contributed by atoms with Gasteiger partial charge in [0.2, 0.25) is 0 Å². The van der Waals surface area contributed by atoms with E-state index in [1.54, 1.807) is 17.5 Å². The lowest BCUT2D eigenvalue weighted by atomic mass is 9.98. The van der Waals surface area contributed by atoms with E-state index in [0.29, 0.717) is 29.6 Å². The van der Waals surface area contributed by atoms with E-state index in [0.717, 1.165) is 18.9 Å². The highest BCUT2D eigenvalue weighted by atomic mass is 32.1. The molecule has 10 heteroatoms. The van der Waals surface area contributed by atoms with Crippen LogP contribution < -0.4 is 10.2 Å². The molecule has 158 valence electrons. The third-order valence-corrected chi connectivity index (χ3v) is 5.73. The molecule has 2 aromatic rings. The van der Waals surface area contributed by atoms with E-state index in [9.17, 15) is 24.5 Å². The van der Waals surface area contributed by atoms with Crippen molar-refractivity contribution in [1.82, 2.24) is 5.32 Å². The highest BCUT2D eigenvalue weighted by molar-refractivity contribution is 7.12. The summed E-state index contributed by atoms with van der Waals surface area (Å²) in [6.45, 7) is 2.90. The van der Waals surface area contributed by atoms with Crippen molar-refractivity contribution >= 4 is 40.5 Å². The maximum Gasteiger partial charge on any atom is 0.338 e. The van der Waals surface area contributed by atoms with Crippen LogP contribution in [0.2, 0.25) is 0 Å². The molecule has 30 heavy (non-hydrogen) atoms. The second-order valence-corrected chi connectivity index (χ2v) is 8.01. The summed E-state index contributed by atoms with van der Waals surface area (Å²) < 4.78 is 4.91. The molecule has 1 N–H and O–H groups in total. The van der Waals surface area contributed by atoms with E-state index in [4.69, 9.17) is 4.74 Å². The fraction of sp³-hybridized carbons (Fsp3) is 0.350. The Balaban J connectivity index is 1.62. The van der Waals surface area contributed by atoms with Crippen LogP contribution in [-0.2, 0) is 9.53 Å². The van der Waals surface area contributed by atoms with Gasteiger partial charge < -0.3 is 9.64 Å². The molecule has 1 aromatic heterocycles. The zero-order valence-electron chi connectivity index (χ0n) is 16.3.